The number of carbonyl (C=O) groups excluding carboxylic acids is 2. The Morgan fingerprint density at radius 1 is 0.320 bits per heavy atom. The zero-order valence-corrected chi connectivity index (χ0v) is 64.4. The first kappa shape index (κ1) is 93.7. The summed E-state index contributed by atoms with van der Waals surface area (Å²) in [5.41, 5.74) is 5.42. The Bertz CT molecular complexity index is 1970. The number of phosphoric acid groups is 1. The lowest BCUT2D eigenvalue weighted by Gasteiger charge is -2.19. The van der Waals surface area contributed by atoms with E-state index in [9.17, 15) is 19.0 Å². The fourth-order valence-corrected chi connectivity index (χ4v) is 12.9. The zero-order valence-electron chi connectivity index (χ0n) is 63.6. The number of unbranched alkanes of at least 4 members (excludes halogenated alkanes) is 47. The molecule has 0 saturated heterocycles. The smallest absolute Gasteiger partial charge is 0.462 e. The summed E-state index contributed by atoms with van der Waals surface area (Å²) in [4.78, 5) is 35.5. The molecule has 0 aliphatic heterocycles. The molecule has 97 heavy (non-hydrogen) atoms. The molecule has 0 heterocycles. The van der Waals surface area contributed by atoms with Gasteiger partial charge in [-0.25, -0.2) is 4.57 Å². The van der Waals surface area contributed by atoms with E-state index in [4.69, 9.17) is 24.3 Å². The van der Waals surface area contributed by atoms with E-state index in [1.54, 1.807) is 0 Å². The lowest BCUT2D eigenvalue weighted by Crippen LogP contribution is -2.29. The Labute approximate surface area is 600 Å². The van der Waals surface area contributed by atoms with Crippen LogP contribution in [-0.4, -0.2) is 49.3 Å². The maximum Gasteiger partial charge on any atom is 0.472 e. The number of carbonyl (C=O) groups is 2. The lowest BCUT2D eigenvalue weighted by atomic mass is 10.0. The van der Waals surface area contributed by atoms with Gasteiger partial charge in [0.2, 0.25) is 0 Å². The third-order valence-corrected chi connectivity index (χ3v) is 19.2. The minimum atomic E-state index is -4.40. The Morgan fingerprint density at radius 3 is 0.845 bits per heavy atom. The van der Waals surface area contributed by atoms with Crippen LogP contribution in [0.2, 0.25) is 0 Å². The average Bonchev–Trinajstić information content (AvgIpc) is 2.57. The van der Waals surface area contributed by atoms with Crippen LogP contribution in [0.1, 0.15) is 399 Å². The average molecular weight is 1380 g/mol. The largest absolute Gasteiger partial charge is 0.472 e. The Morgan fingerprint density at radius 2 is 0.567 bits per heavy atom. The molecule has 0 aliphatic rings. The predicted molar refractivity (Wildman–Crippen MR) is 422 cm³/mol. The van der Waals surface area contributed by atoms with E-state index in [0.717, 1.165) is 96.3 Å². The monoisotopic (exact) mass is 1370 g/mol. The van der Waals surface area contributed by atoms with Gasteiger partial charge in [-0.1, -0.05) is 412 Å². The summed E-state index contributed by atoms with van der Waals surface area (Å²) in [5.74, 6) is -0.814. The summed E-state index contributed by atoms with van der Waals surface area (Å²) in [6, 6.07) is 0. The molecule has 562 valence electrons. The van der Waals surface area contributed by atoms with Gasteiger partial charge < -0.3 is 20.1 Å². The minimum Gasteiger partial charge on any atom is -0.462 e. The van der Waals surface area contributed by atoms with Crippen molar-refractivity contribution >= 4 is 19.8 Å². The van der Waals surface area contributed by atoms with Gasteiger partial charge in [-0.15, -0.1) is 0 Å². The number of esters is 2. The van der Waals surface area contributed by atoms with Gasteiger partial charge in [-0.3, -0.25) is 18.6 Å². The number of rotatable bonds is 78. The second-order valence-electron chi connectivity index (χ2n) is 27.6. The fraction of sp³-hybridized carbons (Fsp3) is 0.770. The van der Waals surface area contributed by atoms with Crippen LogP contribution in [0.5, 0.6) is 0 Å². The SMILES string of the molecule is CC/C=C\C/C=C\C/C=C\C/C=C\C/C=C\C/C=C\C/C=C\C/C=C\C/C=C\CCCCCCCCCCCCCCCC(=O)OC(COC(=O)CCCCCCCCCCCCCCCCCCCCCCCCCCCCCCCCCCCCC)COP(=O)(O)OCCN. The highest BCUT2D eigenvalue weighted by atomic mass is 31.2. The second kappa shape index (κ2) is 81.6. The first-order valence-electron chi connectivity index (χ1n) is 41.4. The first-order valence-corrected chi connectivity index (χ1v) is 42.9. The first-order chi connectivity index (χ1) is 47.8. The molecule has 9 nitrogen and oxygen atoms in total. The predicted octanol–water partition coefficient (Wildman–Crippen LogP) is 28.0. The molecule has 0 aromatic rings. The molecular formula is C87H156NO8P. The molecule has 0 aliphatic carbocycles. The van der Waals surface area contributed by atoms with Crippen LogP contribution in [0.3, 0.4) is 0 Å². The summed E-state index contributed by atoms with van der Waals surface area (Å²) in [5, 5.41) is 0. The molecule has 0 saturated carbocycles. The van der Waals surface area contributed by atoms with E-state index >= 15 is 0 Å². The van der Waals surface area contributed by atoms with Crippen LogP contribution in [0.25, 0.3) is 0 Å². The van der Waals surface area contributed by atoms with E-state index < -0.39 is 26.5 Å². The standard InChI is InChI=1S/C87H156NO8P/c1-3-5-7-9-11-13-15-17-19-21-23-25-27-29-31-33-35-37-39-40-41-42-43-44-46-48-50-52-54-56-58-60-62-64-66-68-70-72-74-76-78-80-87(90)96-85(84-95-97(91,92)94-82-81-88)83-93-86(89)79-77-75-73-71-69-67-65-63-61-59-57-55-53-51-49-47-45-38-36-34-32-30-28-26-24-22-20-18-16-14-12-10-8-6-4-2/h5,7,11,13,17,19,23,25,29,31,35,37,40-41,43-44,48,50,85H,3-4,6,8-10,12,14-16,18,20-22,24,26-28,30,32-34,36,38-39,42,45-47,49,51-84,88H2,1-2H3,(H,91,92)/b7-5-,13-11-,19-17-,25-23-,31-29-,37-35-,41-40-,44-43-,50-48-. The number of hydrogen-bond acceptors (Lipinski definition) is 8. The maximum absolute atomic E-state index is 12.8. The zero-order chi connectivity index (χ0) is 70.0. The fourth-order valence-electron chi connectivity index (χ4n) is 12.1. The molecule has 3 N–H and O–H groups in total. The van der Waals surface area contributed by atoms with Crippen molar-refractivity contribution < 1.29 is 37.6 Å². The van der Waals surface area contributed by atoms with Crippen molar-refractivity contribution in [2.75, 3.05) is 26.4 Å². The van der Waals surface area contributed by atoms with E-state index in [0.29, 0.717) is 6.42 Å². The second-order valence-corrected chi connectivity index (χ2v) is 29.1. The lowest BCUT2D eigenvalue weighted by molar-refractivity contribution is -0.161. The summed E-state index contributed by atoms with van der Waals surface area (Å²) >= 11 is 0. The highest BCUT2D eigenvalue weighted by Gasteiger charge is 2.26. The highest BCUT2D eigenvalue weighted by Crippen LogP contribution is 2.43. The van der Waals surface area contributed by atoms with Crippen molar-refractivity contribution in [3.8, 4) is 0 Å². The molecule has 0 amide bonds. The van der Waals surface area contributed by atoms with E-state index in [1.807, 2.05) is 0 Å². The van der Waals surface area contributed by atoms with E-state index in [-0.39, 0.29) is 38.6 Å². The van der Waals surface area contributed by atoms with Gasteiger partial charge in [-0.2, -0.15) is 0 Å². The van der Waals surface area contributed by atoms with Crippen molar-refractivity contribution in [3.63, 3.8) is 0 Å². The van der Waals surface area contributed by atoms with Gasteiger partial charge in [0.1, 0.15) is 6.61 Å². The Hall–Kier alpha value is -3.33. The summed E-state index contributed by atoms with van der Waals surface area (Å²) in [6.45, 7) is 3.69. The summed E-state index contributed by atoms with van der Waals surface area (Å²) in [7, 11) is -4.40. The van der Waals surface area contributed by atoms with Gasteiger partial charge in [0.25, 0.3) is 0 Å². The van der Waals surface area contributed by atoms with Gasteiger partial charge >= 0.3 is 19.8 Å². The molecule has 2 atom stereocenters. The third-order valence-electron chi connectivity index (χ3n) is 18.2. The number of phosphoric ester groups is 1. The number of ether oxygens (including phenoxy) is 2. The van der Waals surface area contributed by atoms with Crippen LogP contribution in [0, 0.1) is 0 Å². The van der Waals surface area contributed by atoms with Crippen molar-refractivity contribution in [2.45, 2.75) is 405 Å². The van der Waals surface area contributed by atoms with Gasteiger partial charge in [0.15, 0.2) is 6.10 Å². The minimum absolute atomic E-state index is 0.0517. The van der Waals surface area contributed by atoms with Crippen LogP contribution in [0.4, 0.5) is 0 Å². The topological polar surface area (TPSA) is 134 Å². The molecule has 0 radical (unpaired) electrons. The van der Waals surface area contributed by atoms with Crippen molar-refractivity contribution in [1.29, 1.82) is 0 Å². The molecule has 2 unspecified atom stereocenters. The van der Waals surface area contributed by atoms with Crippen molar-refractivity contribution in [3.05, 3.63) is 109 Å². The van der Waals surface area contributed by atoms with Crippen LogP contribution < -0.4 is 5.73 Å². The molecule has 0 aromatic heterocycles. The van der Waals surface area contributed by atoms with E-state index in [2.05, 4.69) is 123 Å². The Kier molecular flexibility index (Phi) is 78.8. The molecule has 0 fully saturated rings. The normalized spacial score (nSPS) is 13.4. The quantitative estimate of drug-likeness (QED) is 0.0264. The Balaban J connectivity index is 3.81. The van der Waals surface area contributed by atoms with E-state index in [1.165, 1.54) is 270 Å². The molecule has 0 bridgehead atoms. The van der Waals surface area contributed by atoms with Crippen molar-refractivity contribution in [2.24, 2.45) is 5.73 Å². The number of allylic oxidation sites excluding steroid dienone is 18. The van der Waals surface area contributed by atoms with Crippen molar-refractivity contribution in [1.82, 2.24) is 0 Å². The van der Waals surface area contributed by atoms with Gasteiger partial charge in [-0.05, 0) is 83.5 Å². The highest BCUT2D eigenvalue weighted by molar-refractivity contribution is 7.47. The van der Waals surface area contributed by atoms with Crippen LogP contribution in [0.15, 0.2) is 109 Å². The molecular weight excluding hydrogens is 1220 g/mol. The molecule has 10 heteroatoms. The number of nitrogens with two attached hydrogens (primary N) is 1. The molecule has 0 spiro atoms. The van der Waals surface area contributed by atoms with Crippen LogP contribution >= 0.6 is 7.82 Å². The third kappa shape index (κ3) is 81.5. The molecule has 0 aromatic carbocycles. The molecule has 0 rings (SSSR count). The van der Waals surface area contributed by atoms with Gasteiger partial charge in [0.05, 0.1) is 13.2 Å². The summed E-state index contributed by atoms with van der Waals surface area (Å²) in [6.07, 6.45) is 114. The van der Waals surface area contributed by atoms with Crippen LogP contribution in [-0.2, 0) is 32.7 Å². The summed E-state index contributed by atoms with van der Waals surface area (Å²) < 4.78 is 33.3. The number of hydrogen-bond donors (Lipinski definition) is 2. The van der Waals surface area contributed by atoms with Gasteiger partial charge in [0, 0.05) is 19.4 Å². The maximum atomic E-state index is 12.8.